The molecule has 0 aromatic heterocycles. The third kappa shape index (κ3) is 1.76. The minimum absolute atomic E-state index is 0.0121. The Labute approximate surface area is 72.6 Å². The van der Waals surface area contributed by atoms with Gasteiger partial charge in [-0.1, -0.05) is 0 Å². The van der Waals surface area contributed by atoms with Crippen molar-refractivity contribution in [2.75, 3.05) is 19.7 Å². The summed E-state index contributed by atoms with van der Waals surface area (Å²) in [6.45, 7) is 5.31. The minimum Gasteiger partial charge on any atom is -0.394 e. The van der Waals surface area contributed by atoms with Gasteiger partial charge in [-0.2, -0.15) is 0 Å². The van der Waals surface area contributed by atoms with Crippen molar-refractivity contribution in [3.05, 3.63) is 0 Å². The number of likely N-dealkylation sites (N-methyl/N-ethyl adjacent to an activating group) is 1. The van der Waals surface area contributed by atoms with Gasteiger partial charge in [0.25, 0.3) is 0 Å². The summed E-state index contributed by atoms with van der Waals surface area (Å²) < 4.78 is 0. The molecule has 1 fully saturated rings. The molecule has 0 aliphatic carbocycles. The highest BCUT2D eigenvalue weighted by molar-refractivity contribution is 5.82. The van der Waals surface area contributed by atoms with Gasteiger partial charge < -0.3 is 10.0 Å². The average Bonchev–Trinajstić information content (AvgIpc) is 2.08. The maximum absolute atomic E-state index is 11.4. The quantitative estimate of drug-likeness (QED) is 0.572. The number of hydrogen-bond donors (Lipinski definition) is 2. The predicted octanol–water partition coefficient (Wildman–Crippen LogP) is -0.813. The van der Waals surface area contributed by atoms with Gasteiger partial charge in [0.2, 0.25) is 5.91 Å². The van der Waals surface area contributed by atoms with Crippen LogP contribution in [0.2, 0.25) is 0 Å². The second-order valence-electron chi connectivity index (χ2n) is 3.18. The van der Waals surface area contributed by atoms with E-state index in [1.54, 1.807) is 4.90 Å². The highest BCUT2D eigenvalue weighted by Gasteiger charge is 2.29. The Morgan fingerprint density at radius 1 is 1.75 bits per heavy atom. The van der Waals surface area contributed by atoms with E-state index in [4.69, 9.17) is 5.11 Å². The Balaban J connectivity index is 2.61. The number of aliphatic hydroxyl groups is 1. The summed E-state index contributed by atoms with van der Waals surface area (Å²) in [6.07, 6.45) is 0. The van der Waals surface area contributed by atoms with Gasteiger partial charge in [-0.25, -0.2) is 0 Å². The molecule has 0 spiro atoms. The molecule has 2 N–H and O–H groups in total. The number of piperazine rings is 1. The molecule has 70 valence electrons. The summed E-state index contributed by atoms with van der Waals surface area (Å²) in [5.41, 5.74) is 0. The average molecular weight is 172 g/mol. The van der Waals surface area contributed by atoms with Gasteiger partial charge in [-0.3, -0.25) is 10.1 Å². The molecule has 2 unspecified atom stereocenters. The molecule has 4 heteroatoms. The van der Waals surface area contributed by atoms with Crippen LogP contribution in [0.4, 0.5) is 0 Å². The zero-order valence-electron chi connectivity index (χ0n) is 7.58. The van der Waals surface area contributed by atoms with Gasteiger partial charge >= 0.3 is 0 Å². The third-order valence-corrected chi connectivity index (χ3v) is 2.15. The highest BCUT2D eigenvalue weighted by atomic mass is 16.3. The van der Waals surface area contributed by atoms with Crippen LogP contribution >= 0.6 is 0 Å². The van der Waals surface area contributed by atoms with E-state index >= 15 is 0 Å². The maximum atomic E-state index is 11.4. The molecule has 0 radical (unpaired) electrons. The molecule has 0 bridgehead atoms. The van der Waals surface area contributed by atoms with Crippen molar-refractivity contribution < 1.29 is 9.90 Å². The lowest BCUT2D eigenvalue weighted by atomic mass is 10.1. The minimum atomic E-state index is -0.395. The van der Waals surface area contributed by atoms with E-state index in [9.17, 15) is 4.79 Å². The van der Waals surface area contributed by atoms with Crippen molar-refractivity contribution in [2.24, 2.45) is 0 Å². The Morgan fingerprint density at radius 2 is 2.42 bits per heavy atom. The van der Waals surface area contributed by atoms with Crippen molar-refractivity contribution >= 4 is 5.91 Å². The van der Waals surface area contributed by atoms with Gasteiger partial charge in [0.1, 0.15) is 6.04 Å². The first kappa shape index (κ1) is 9.48. The van der Waals surface area contributed by atoms with Crippen LogP contribution in [0.15, 0.2) is 0 Å². The third-order valence-electron chi connectivity index (χ3n) is 2.15. The fourth-order valence-electron chi connectivity index (χ4n) is 1.52. The van der Waals surface area contributed by atoms with E-state index in [-0.39, 0.29) is 18.6 Å². The summed E-state index contributed by atoms with van der Waals surface area (Å²) in [4.78, 5) is 13.2. The smallest absolute Gasteiger partial charge is 0.242 e. The van der Waals surface area contributed by atoms with Gasteiger partial charge in [-0.05, 0) is 13.8 Å². The molecule has 1 rings (SSSR count). The topological polar surface area (TPSA) is 52.6 Å². The van der Waals surface area contributed by atoms with Gasteiger partial charge in [0, 0.05) is 19.1 Å². The van der Waals surface area contributed by atoms with Crippen LogP contribution in [0.1, 0.15) is 13.8 Å². The van der Waals surface area contributed by atoms with Gasteiger partial charge in [-0.15, -0.1) is 0 Å². The fraction of sp³-hybridized carbons (Fsp3) is 0.875. The van der Waals surface area contributed by atoms with Crippen LogP contribution in [0.3, 0.4) is 0 Å². The lowest BCUT2D eigenvalue weighted by Gasteiger charge is -2.35. The van der Waals surface area contributed by atoms with Crippen LogP contribution in [0, 0.1) is 0 Å². The number of amides is 1. The van der Waals surface area contributed by atoms with Crippen LogP contribution in [0.5, 0.6) is 0 Å². The number of carbonyl (C=O) groups is 1. The van der Waals surface area contributed by atoms with E-state index in [1.807, 2.05) is 13.8 Å². The van der Waals surface area contributed by atoms with Gasteiger partial charge in [0.05, 0.1) is 6.61 Å². The number of nitrogens with one attached hydrogen (secondary N) is 1. The predicted molar refractivity (Wildman–Crippen MR) is 45.7 cm³/mol. The van der Waals surface area contributed by atoms with E-state index < -0.39 is 6.04 Å². The molecule has 0 saturated carbocycles. The largest absolute Gasteiger partial charge is 0.394 e. The first-order chi connectivity index (χ1) is 5.69. The maximum Gasteiger partial charge on any atom is 0.242 e. The molecule has 1 aliphatic rings. The molecule has 1 aliphatic heterocycles. The summed E-state index contributed by atoms with van der Waals surface area (Å²) in [6, 6.07) is -0.117. The lowest BCUT2D eigenvalue weighted by molar-refractivity contribution is -0.137. The Morgan fingerprint density at radius 3 is 2.92 bits per heavy atom. The van der Waals surface area contributed by atoms with E-state index in [0.29, 0.717) is 0 Å². The van der Waals surface area contributed by atoms with Crippen LogP contribution in [0.25, 0.3) is 0 Å². The molecule has 1 heterocycles. The number of rotatable bonds is 2. The molecular weight excluding hydrogens is 156 g/mol. The first-order valence-electron chi connectivity index (χ1n) is 4.34. The van der Waals surface area contributed by atoms with E-state index in [0.717, 1.165) is 13.1 Å². The number of aliphatic hydroxyl groups excluding tert-OH is 1. The molecule has 1 amide bonds. The molecule has 2 atom stereocenters. The van der Waals surface area contributed by atoms with Crippen LogP contribution in [-0.2, 0) is 4.79 Å². The first-order valence-corrected chi connectivity index (χ1v) is 4.34. The summed E-state index contributed by atoms with van der Waals surface area (Å²) >= 11 is 0. The second kappa shape index (κ2) is 3.87. The normalized spacial score (nSPS) is 30.9. The standard InChI is InChI=1S/C8H16N2O2/c1-3-10-4-6(2)9-7(5-11)8(10)12/h6-7,9,11H,3-5H2,1-2H3. The van der Waals surface area contributed by atoms with Crippen molar-refractivity contribution in [1.29, 1.82) is 0 Å². The van der Waals surface area contributed by atoms with Crippen molar-refractivity contribution in [3.8, 4) is 0 Å². The van der Waals surface area contributed by atoms with Gasteiger partial charge in [0.15, 0.2) is 0 Å². The number of nitrogens with zero attached hydrogens (tertiary/aromatic N) is 1. The SMILES string of the molecule is CCN1CC(C)NC(CO)C1=O. The monoisotopic (exact) mass is 172 g/mol. The molecule has 1 saturated heterocycles. The number of carbonyl (C=O) groups excluding carboxylic acids is 1. The molecule has 12 heavy (non-hydrogen) atoms. The molecular formula is C8H16N2O2. The van der Waals surface area contributed by atoms with Crippen molar-refractivity contribution in [3.63, 3.8) is 0 Å². The van der Waals surface area contributed by atoms with Crippen LogP contribution < -0.4 is 5.32 Å². The van der Waals surface area contributed by atoms with E-state index in [1.165, 1.54) is 0 Å². The number of hydrogen-bond acceptors (Lipinski definition) is 3. The second-order valence-corrected chi connectivity index (χ2v) is 3.18. The lowest BCUT2D eigenvalue weighted by Crippen LogP contribution is -2.60. The molecule has 0 aromatic carbocycles. The Bertz CT molecular complexity index is 156. The fourth-order valence-corrected chi connectivity index (χ4v) is 1.52. The highest BCUT2D eigenvalue weighted by Crippen LogP contribution is 2.04. The van der Waals surface area contributed by atoms with Crippen molar-refractivity contribution in [1.82, 2.24) is 10.2 Å². The summed E-state index contributed by atoms with van der Waals surface area (Å²) in [5.74, 6) is 0.0121. The van der Waals surface area contributed by atoms with Crippen molar-refractivity contribution in [2.45, 2.75) is 25.9 Å². The van der Waals surface area contributed by atoms with E-state index in [2.05, 4.69) is 5.32 Å². The zero-order chi connectivity index (χ0) is 9.14. The Hall–Kier alpha value is -0.610. The zero-order valence-corrected chi connectivity index (χ0v) is 7.58. The molecule has 0 aromatic rings. The summed E-state index contributed by atoms with van der Waals surface area (Å²) in [7, 11) is 0. The van der Waals surface area contributed by atoms with Crippen LogP contribution in [-0.4, -0.2) is 47.7 Å². The summed E-state index contributed by atoms with van der Waals surface area (Å²) in [5, 5.41) is 11.9. The Kier molecular flexibility index (Phi) is 3.05. The molecule has 4 nitrogen and oxygen atoms in total.